The van der Waals surface area contributed by atoms with Crippen LogP contribution in [0.15, 0.2) is 48.5 Å². The average molecular weight is 369 g/mol. The lowest BCUT2D eigenvalue weighted by Crippen LogP contribution is -2.36. The van der Waals surface area contributed by atoms with Crippen LogP contribution >= 0.6 is 0 Å². The Morgan fingerprint density at radius 2 is 1.67 bits per heavy atom. The van der Waals surface area contributed by atoms with E-state index in [0.29, 0.717) is 18.0 Å². The minimum Gasteiger partial charge on any atom is -0.450 e. The molecule has 6 nitrogen and oxygen atoms in total. The quantitative estimate of drug-likeness (QED) is 0.661. The molecule has 0 aliphatic carbocycles. The molecule has 0 aliphatic rings. The molecule has 6 heteroatoms. The highest BCUT2D eigenvalue weighted by Gasteiger charge is 2.12. The number of ether oxygens (including phenoxy) is 1. The zero-order valence-electron chi connectivity index (χ0n) is 16.0. The number of carbonyl (C=O) groups excluding carboxylic acids is 2. The third kappa shape index (κ3) is 6.66. The number of rotatable bonds is 7. The third-order valence-corrected chi connectivity index (χ3v) is 4.18. The summed E-state index contributed by atoms with van der Waals surface area (Å²) in [5.74, 6) is 0. The zero-order chi connectivity index (χ0) is 19.6. The molecule has 1 atom stereocenters. The molecule has 0 saturated carbocycles. The highest BCUT2D eigenvalue weighted by molar-refractivity contribution is 5.93. The summed E-state index contributed by atoms with van der Waals surface area (Å²) < 4.78 is 4.89. The van der Waals surface area contributed by atoms with E-state index in [1.54, 1.807) is 25.1 Å². The van der Waals surface area contributed by atoms with Crippen molar-refractivity contribution in [1.82, 2.24) is 5.32 Å². The van der Waals surface area contributed by atoms with Gasteiger partial charge in [0.15, 0.2) is 0 Å². The fraction of sp³-hybridized carbons (Fsp3) is 0.333. The lowest BCUT2D eigenvalue weighted by Gasteiger charge is -2.17. The van der Waals surface area contributed by atoms with Crippen molar-refractivity contribution in [2.24, 2.45) is 0 Å². The maximum absolute atomic E-state index is 12.3. The van der Waals surface area contributed by atoms with Gasteiger partial charge in [-0.3, -0.25) is 5.32 Å². The van der Waals surface area contributed by atoms with E-state index in [0.717, 1.165) is 18.4 Å². The summed E-state index contributed by atoms with van der Waals surface area (Å²) in [5, 5.41) is 8.46. The smallest absolute Gasteiger partial charge is 0.411 e. The van der Waals surface area contributed by atoms with Crippen LogP contribution in [-0.4, -0.2) is 24.8 Å². The van der Waals surface area contributed by atoms with Crippen molar-refractivity contribution in [3.8, 4) is 0 Å². The molecule has 1 unspecified atom stereocenters. The maximum atomic E-state index is 12.3. The van der Waals surface area contributed by atoms with Crippen molar-refractivity contribution < 1.29 is 14.3 Å². The van der Waals surface area contributed by atoms with Crippen LogP contribution < -0.4 is 16.0 Å². The van der Waals surface area contributed by atoms with Gasteiger partial charge in [-0.15, -0.1) is 0 Å². The molecule has 0 radical (unpaired) electrons. The number of amides is 3. The van der Waals surface area contributed by atoms with E-state index in [2.05, 4.69) is 28.1 Å². The lowest BCUT2D eigenvalue weighted by atomic mass is 10.1. The Balaban J connectivity index is 1.88. The summed E-state index contributed by atoms with van der Waals surface area (Å²) in [4.78, 5) is 23.9. The summed E-state index contributed by atoms with van der Waals surface area (Å²) in [6.07, 6.45) is 1.23. The minimum absolute atomic E-state index is 0.0337. The van der Waals surface area contributed by atoms with Crippen LogP contribution in [0.4, 0.5) is 21.0 Å². The van der Waals surface area contributed by atoms with Crippen LogP contribution in [0.2, 0.25) is 0 Å². The van der Waals surface area contributed by atoms with Crippen molar-refractivity contribution in [3.63, 3.8) is 0 Å². The lowest BCUT2D eigenvalue weighted by molar-refractivity contribution is 0.168. The number of benzene rings is 2. The molecule has 0 spiro atoms. The SMILES string of the molecule is CCOC(=O)Nc1cccc(NC(=O)NC(C)CCc2ccccc2)c1C. The van der Waals surface area contributed by atoms with Gasteiger partial charge in [0.25, 0.3) is 0 Å². The maximum Gasteiger partial charge on any atom is 0.411 e. The van der Waals surface area contributed by atoms with Gasteiger partial charge >= 0.3 is 12.1 Å². The number of hydrogen-bond acceptors (Lipinski definition) is 3. The second-order valence-corrected chi connectivity index (χ2v) is 6.35. The number of hydrogen-bond donors (Lipinski definition) is 3. The summed E-state index contributed by atoms with van der Waals surface area (Å²) in [6, 6.07) is 15.3. The standard InChI is InChI=1S/C21H27N3O3/c1-4-27-21(26)24-19-12-8-11-18(16(19)3)23-20(25)22-15(2)13-14-17-9-6-5-7-10-17/h5-12,15H,4,13-14H2,1-3H3,(H,24,26)(H2,22,23,25). The molecule has 3 amide bonds. The zero-order valence-corrected chi connectivity index (χ0v) is 16.0. The van der Waals surface area contributed by atoms with Crippen molar-refractivity contribution in [1.29, 1.82) is 0 Å². The first kappa shape index (κ1) is 20.3. The van der Waals surface area contributed by atoms with Crippen LogP contribution in [0.25, 0.3) is 0 Å². The van der Waals surface area contributed by atoms with Crippen molar-refractivity contribution >= 4 is 23.5 Å². The molecule has 0 aromatic heterocycles. The van der Waals surface area contributed by atoms with E-state index in [4.69, 9.17) is 4.74 Å². The van der Waals surface area contributed by atoms with E-state index in [9.17, 15) is 9.59 Å². The van der Waals surface area contributed by atoms with E-state index in [-0.39, 0.29) is 12.1 Å². The molecule has 144 valence electrons. The molecular weight excluding hydrogens is 342 g/mol. The van der Waals surface area contributed by atoms with Crippen LogP contribution in [0, 0.1) is 6.92 Å². The molecular formula is C21H27N3O3. The molecule has 3 N–H and O–H groups in total. The summed E-state index contributed by atoms with van der Waals surface area (Å²) in [7, 11) is 0. The number of anilines is 2. The van der Waals surface area contributed by atoms with Gasteiger partial charge in [0.1, 0.15) is 0 Å². The average Bonchev–Trinajstić information content (AvgIpc) is 2.64. The van der Waals surface area contributed by atoms with E-state index < -0.39 is 6.09 Å². The van der Waals surface area contributed by atoms with Gasteiger partial charge in [-0.25, -0.2) is 9.59 Å². The summed E-state index contributed by atoms with van der Waals surface area (Å²) in [6.45, 7) is 5.85. The first-order chi connectivity index (χ1) is 13.0. The van der Waals surface area contributed by atoms with E-state index >= 15 is 0 Å². The van der Waals surface area contributed by atoms with Crippen molar-refractivity contribution in [2.75, 3.05) is 17.2 Å². The Labute approximate surface area is 160 Å². The predicted octanol–water partition coefficient (Wildman–Crippen LogP) is 4.71. The van der Waals surface area contributed by atoms with Gasteiger partial charge in [-0.1, -0.05) is 36.4 Å². The fourth-order valence-corrected chi connectivity index (χ4v) is 2.67. The molecule has 2 rings (SSSR count). The van der Waals surface area contributed by atoms with Crippen molar-refractivity contribution in [3.05, 3.63) is 59.7 Å². The number of carbonyl (C=O) groups is 2. The molecule has 2 aromatic carbocycles. The minimum atomic E-state index is -0.517. The molecule has 27 heavy (non-hydrogen) atoms. The Bertz CT molecular complexity index is 763. The Morgan fingerprint density at radius 1 is 1.00 bits per heavy atom. The number of urea groups is 1. The third-order valence-electron chi connectivity index (χ3n) is 4.18. The molecule has 0 saturated heterocycles. The summed E-state index contributed by atoms with van der Waals surface area (Å²) in [5.41, 5.74) is 3.25. The first-order valence-electron chi connectivity index (χ1n) is 9.14. The Hall–Kier alpha value is -3.02. The first-order valence-corrected chi connectivity index (χ1v) is 9.14. The highest BCUT2D eigenvalue weighted by Crippen LogP contribution is 2.23. The Morgan fingerprint density at radius 3 is 2.33 bits per heavy atom. The van der Waals surface area contributed by atoms with E-state index in [1.165, 1.54) is 5.56 Å². The summed E-state index contributed by atoms with van der Waals surface area (Å²) >= 11 is 0. The molecule has 0 aliphatic heterocycles. The fourth-order valence-electron chi connectivity index (χ4n) is 2.67. The van der Waals surface area contributed by atoms with Gasteiger partial charge in [-0.2, -0.15) is 0 Å². The van der Waals surface area contributed by atoms with Crippen LogP contribution in [-0.2, 0) is 11.2 Å². The predicted molar refractivity (Wildman–Crippen MR) is 108 cm³/mol. The number of aryl methyl sites for hydroxylation is 1. The molecule has 0 heterocycles. The van der Waals surface area contributed by atoms with Gasteiger partial charge in [-0.05, 0) is 56.9 Å². The molecule has 0 bridgehead atoms. The van der Waals surface area contributed by atoms with Crippen molar-refractivity contribution in [2.45, 2.75) is 39.7 Å². The van der Waals surface area contributed by atoms with Gasteiger partial charge < -0.3 is 15.4 Å². The van der Waals surface area contributed by atoms with E-state index in [1.807, 2.05) is 32.0 Å². The molecule has 2 aromatic rings. The topological polar surface area (TPSA) is 79.5 Å². The van der Waals surface area contributed by atoms with Gasteiger partial charge in [0.2, 0.25) is 0 Å². The second kappa shape index (κ2) is 10.2. The largest absolute Gasteiger partial charge is 0.450 e. The highest BCUT2D eigenvalue weighted by atomic mass is 16.5. The Kier molecular flexibility index (Phi) is 7.67. The molecule has 0 fully saturated rings. The van der Waals surface area contributed by atoms with Crippen LogP contribution in [0.5, 0.6) is 0 Å². The second-order valence-electron chi connectivity index (χ2n) is 6.35. The van der Waals surface area contributed by atoms with Crippen LogP contribution in [0.1, 0.15) is 31.4 Å². The normalized spacial score (nSPS) is 11.4. The number of nitrogens with one attached hydrogen (secondary N) is 3. The van der Waals surface area contributed by atoms with Gasteiger partial charge in [0, 0.05) is 17.4 Å². The van der Waals surface area contributed by atoms with Gasteiger partial charge in [0.05, 0.1) is 6.61 Å². The van der Waals surface area contributed by atoms with Crippen LogP contribution in [0.3, 0.4) is 0 Å². The monoisotopic (exact) mass is 369 g/mol.